The molecule has 1 aromatic carbocycles. The van der Waals surface area contributed by atoms with Crippen LogP contribution in [0, 0.1) is 11.2 Å². The Morgan fingerprint density at radius 2 is 2.22 bits per heavy atom. The molecule has 1 aliphatic rings. The van der Waals surface area contributed by atoms with Crippen LogP contribution in [0.15, 0.2) is 18.2 Å². The summed E-state index contributed by atoms with van der Waals surface area (Å²) in [6.07, 6.45) is 3.21. The molecule has 0 radical (unpaired) electrons. The van der Waals surface area contributed by atoms with E-state index in [0.717, 1.165) is 31.7 Å². The summed E-state index contributed by atoms with van der Waals surface area (Å²) in [4.78, 5) is 0. The second-order valence-electron chi connectivity index (χ2n) is 5.06. The maximum atomic E-state index is 13.4. The van der Waals surface area contributed by atoms with Gasteiger partial charge in [0.15, 0.2) is 0 Å². The zero-order chi connectivity index (χ0) is 13.0. The standard InChI is InChI=1S/C14H19ClFNO/c1-18-8-7-17-10-14(5-6-14)9-11-3-2-4-12(16)13(11)15/h2-4,17H,5-10H2,1H3. The highest BCUT2D eigenvalue weighted by molar-refractivity contribution is 6.31. The molecule has 18 heavy (non-hydrogen) atoms. The summed E-state index contributed by atoms with van der Waals surface area (Å²) in [5.74, 6) is -0.322. The maximum Gasteiger partial charge on any atom is 0.142 e. The van der Waals surface area contributed by atoms with Crippen molar-refractivity contribution in [2.24, 2.45) is 5.41 Å². The maximum absolute atomic E-state index is 13.4. The van der Waals surface area contributed by atoms with Crippen molar-refractivity contribution >= 4 is 11.6 Å². The molecule has 1 aromatic rings. The Morgan fingerprint density at radius 1 is 1.44 bits per heavy atom. The highest BCUT2D eigenvalue weighted by Crippen LogP contribution is 2.48. The molecule has 0 saturated heterocycles. The number of hydrogen-bond donors (Lipinski definition) is 1. The number of benzene rings is 1. The summed E-state index contributed by atoms with van der Waals surface area (Å²) < 4.78 is 18.4. The molecule has 0 heterocycles. The minimum absolute atomic E-state index is 0.269. The van der Waals surface area contributed by atoms with E-state index in [-0.39, 0.29) is 16.3 Å². The smallest absolute Gasteiger partial charge is 0.142 e. The van der Waals surface area contributed by atoms with Crippen molar-refractivity contribution in [3.63, 3.8) is 0 Å². The van der Waals surface area contributed by atoms with E-state index in [2.05, 4.69) is 5.32 Å². The van der Waals surface area contributed by atoms with Gasteiger partial charge in [-0.1, -0.05) is 23.7 Å². The second-order valence-corrected chi connectivity index (χ2v) is 5.44. The third-order valence-corrected chi connectivity index (χ3v) is 3.96. The molecule has 0 amide bonds. The normalized spacial score (nSPS) is 16.8. The molecule has 0 aliphatic heterocycles. The predicted octanol–water partition coefficient (Wildman–Crippen LogP) is 3.04. The second kappa shape index (κ2) is 6.00. The van der Waals surface area contributed by atoms with Crippen LogP contribution in [-0.2, 0) is 11.2 Å². The van der Waals surface area contributed by atoms with E-state index in [1.165, 1.54) is 18.9 Å². The number of halogens is 2. The van der Waals surface area contributed by atoms with Crippen molar-refractivity contribution in [3.8, 4) is 0 Å². The lowest BCUT2D eigenvalue weighted by Gasteiger charge is -2.17. The molecule has 0 aromatic heterocycles. The summed E-state index contributed by atoms with van der Waals surface area (Å²) in [6, 6.07) is 5.05. The minimum atomic E-state index is -0.322. The Balaban J connectivity index is 1.90. The first-order valence-electron chi connectivity index (χ1n) is 6.29. The zero-order valence-electron chi connectivity index (χ0n) is 10.6. The van der Waals surface area contributed by atoms with Gasteiger partial charge < -0.3 is 10.1 Å². The Hall–Kier alpha value is -0.640. The first-order valence-corrected chi connectivity index (χ1v) is 6.67. The molecule has 2 nitrogen and oxygen atoms in total. The van der Waals surface area contributed by atoms with E-state index >= 15 is 0 Å². The monoisotopic (exact) mass is 271 g/mol. The number of ether oxygens (including phenoxy) is 1. The van der Waals surface area contributed by atoms with E-state index in [9.17, 15) is 4.39 Å². The lowest BCUT2D eigenvalue weighted by atomic mass is 9.96. The first-order chi connectivity index (χ1) is 8.67. The van der Waals surface area contributed by atoms with Crippen LogP contribution in [0.25, 0.3) is 0 Å². The lowest BCUT2D eigenvalue weighted by Crippen LogP contribution is -2.28. The Labute approximate surface area is 112 Å². The van der Waals surface area contributed by atoms with Gasteiger partial charge in [0.25, 0.3) is 0 Å². The highest BCUT2D eigenvalue weighted by atomic mass is 35.5. The summed E-state index contributed by atoms with van der Waals surface area (Å²) in [7, 11) is 1.70. The molecule has 1 saturated carbocycles. The van der Waals surface area contributed by atoms with Gasteiger partial charge in [-0.25, -0.2) is 4.39 Å². The average molecular weight is 272 g/mol. The zero-order valence-corrected chi connectivity index (χ0v) is 11.4. The Bertz CT molecular complexity index is 407. The molecule has 0 bridgehead atoms. The molecule has 100 valence electrons. The molecule has 1 fully saturated rings. The van der Waals surface area contributed by atoms with E-state index in [4.69, 9.17) is 16.3 Å². The number of nitrogens with one attached hydrogen (secondary N) is 1. The summed E-state index contributed by atoms with van der Waals surface area (Å²) in [6.45, 7) is 2.52. The quantitative estimate of drug-likeness (QED) is 0.770. The van der Waals surface area contributed by atoms with Crippen LogP contribution in [-0.4, -0.2) is 26.8 Å². The third-order valence-electron chi connectivity index (χ3n) is 3.54. The van der Waals surface area contributed by atoms with Crippen molar-refractivity contribution in [2.75, 3.05) is 26.8 Å². The fraction of sp³-hybridized carbons (Fsp3) is 0.571. The van der Waals surface area contributed by atoms with E-state index < -0.39 is 0 Å². The SMILES string of the molecule is COCCNCC1(Cc2cccc(F)c2Cl)CC1. The molecular formula is C14H19ClFNO. The Morgan fingerprint density at radius 3 is 2.89 bits per heavy atom. The van der Waals surface area contributed by atoms with Crippen LogP contribution < -0.4 is 5.32 Å². The van der Waals surface area contributed by atoms with Gasteiger partial charge >= 0.3 is 0 Å². The van der Waals surface area contributed by atoms with Crippen LogP contribution in [0.5, 0.6) is 0 Å². The molecule has 0 spiro atoms. The number of hydrogen-bond acceptors (Lipinski definition) is 2. The Kier molecular flexibility index (Phi) is 4.60. The summed E-state index contributed by atoms with van der Waals surface area (Å²) >= 11 is 6.00. The highest BCUT2D eigenvalue weighted by Gasteiger charge is 2.42. The molecule has 2 rings (SSSR count). The fourth-order valence-corrected chi connectivity index (χ4v) is 2.40. The summed E-state index contributed by atoms with van der Waals surface area (Å²) in [5.41, 5.74) is 1.19. The van der Waals surface area contributed by atoms with Crippen molar-refractivity contribution in [3.05, 3.63) is 34.6 Å². The van der Waals surface area contributed by atoms with Crippen LogP contribution in [0.3, 0.4) is 0 Å². The van der Waals surface area contributed by atoms with Gasteiger partial charge in [0.05, 0.1) is 11.6 Å². The topological polar surface area (TPSA) is 21.3 Å². The van der Waals surface area contributed by atoms with Crippen LogP contribution >= 0.6 is 11.6 Å². The van der Waals surface area contributed by atoms with Gasteiger partial charge in [-0.3, -0.25) is 0 Å². The van der Waals surface area contributed by atoms with Crippen molar-refractivity contribution in [1.82, 2.24) is 5.32 Å². The molecule has 0 atom stereocenters. The van der Waals surface area contributed by atoms with Crippen LogP contribution in [0.4, 0.5) is 4.39 Å². The molecule has 0 unspecified atom stereocenters. The third kappa shape index (κ3) is 3.44. The van der Waals surface area contributed by atoms with Gasteiger partial charge in [0, 0.05) is 20.2 Å². The lowest BCUT2D eigenvalue weighted by molar-refractivity contribution is 0.197. The molecule has 1 aliphatic carbocycles. The number of rotatable bonds is 7. The first kappa shape index (κ1) is 13.8. The average Bonchev–Trinajstić information content (AvgIpc) is 3.11. The van der Waals surface area contributed by atoms with E-state index in [0.29, 0.717) is 0 Å². The predicted molar refractivity (Wildman–Crippen MR) is 71.5 cm³/mol. The molecule has 4 heteroatoms. The number of methoxy groups -OCH3 is 1. The van der Waals surface area contributed by atoms with Gasteiger partial charge in [-0.15, -0.1) is 0 Å². The van der Waals surface area contributed by atoms with Crippen molar-refractivity contribution < 1.29 is 9.13 Å². The van der Waals surface area contributed by atoms with Gasteiger partial charge in [0.1, 0.15) is 5.82 Å². The summed E-state index contributed by atoms with van der Waals surface area (Å²) in [5, 5.41) is 3.66. The minimum Gasteiger partial charge on any atom is -0.383 e. The van der Waals surface area contributed by atoms with Crippen molar-refractivity contribution in [2.45, 2.75) is 19.3 Å². The van der Waals surface area contributed by atoms with Crippen LogP contribution in [0.1, 0.15) is 18.4 Å². The molecular weight excluding hydrogens is 253 g/mol. The van der Waals surface area contributed by atoms with Crippen molar-refractivity contribution in [1.29, 1.82) is 0 Å². The van der Waals surface area contributed by atoms with E-state index in [1.54, 1.807) is 13.2 Å². The van der Waals surface area contributed by atoms with Gasteiger partial charge in [0.2, 0.25) is 0 Å². The fourth-order valence-electron chi connectivity index (χ4n) is 2.21. The van der Waals surface area contributed by atoms with Gasteiger partial charge in [-0.05, 0) is 36.3 Å². The molecule has 1 N–H and O–H groups in total. The van der Waals surface area contributed by atoms with Crippen LogP contribution in [0.2, 0.25) is 5.02 Å². The van der Waals surface area contributed by atoms with E-state index in [1.807, 2.05) is 6.07 Å². The largest absolute Gasteiger partial charge is 0.383 e. The van der Waals surface area contributed by atoms with Gasteiger partial charge in [-0.2, -0.15) is 0 Å².